The van der Waals surface area contributed by atoms with Crippen molar-refractivity contribution in [2.24, 2.45) is 0 Å². The molecule has 0 saturated heterocycles. The second-order valence-corrected chi connectivity index (χ2v) is 3.90. The van der Waals surface area contributed by atoms with Crippen LogP contribution in [-0.4, -0.2) is 15.7 Å². The van der Waals surface area contributed by atoms with Gasteiger partial charge in [-0.15, -0.1) is 0 Å². The molecule has 2 nitrogen and oxygen atoms in total. The SMILES string of the molecule is C[C@H](Br)C(=O)c1ccc(O)cc1. The topological polar surface area (TPSA) is 37.3 Å². The van der Waals surface area contributed by atoms with E-state index in [4.69, 9.17) is 5.11 Å². The normalized spacial score (nSPS) is 12.5. The Morgan fingerprint density at radius 2 is 1.92 bits per heavy atom. The van der Waals surface area contributed by atoms with Gasteiger partial charge in [-0.3, -0.25) is 4.79 Å². The summed E-state index contributed by atoms with van der Waals surface area (Å²) in [4.78, 5) is 11.1. The number of halogens is 1. The molecule has 0 unspecified atom stereocenters. The minimum Gasteiger partial charge on any atom is -0.508 e. The quantitative estimate of drug-likeness (QED) is 0.624. The average Bonchev–Trinajstić information content (AvgIpc) is 2.04. The van der Waals surface area contributed by atoms with Gasteiger partial charge in [0.05, 0.1) is 4.83 Å². The number of rotatable bonds is 2. The first-order valence-electron chi connectivity index (χ1n) is 3.58. The monoisotopic (exact) mass is 228 g/mol. The van der Waals surface area contributed by atoms with Gasteiger partial charge in [0.15, 0.2) is 5.78 Å². The molecule has 12 heavy (non-hydrogen) atoms. The number of carbonyl (C=O) groups excluding carboxylic acids is 1. The van der Waals surface area contributed by atoms with E-state index in [0.29, 0.717) is 5.56 Å². The van der Waals surface area contributed by atoms with Crippen LogP contribution >= 0.6 is 15.9 Å². The van der Waals surface area contributed by atoms with Gasteiger partial charge in [-0.1, -0.05) is 15.9 Å². The Hall–Kier alpha value is -0.830. The number of phenolic OH excluding ortho intramolecular Hbond substituents is 1. The van der Waals surface area contributed by atoms with Gasteiger partial charge >= 0.3 is 0 Å². The molecule has 0 saturated carbocycles. The van der Waals surface area contributed by atoms with E-state index in [1.165, 1.54) is 12.1 Å². The van der Waals surface area contributed by atoms with E-state index in [-0.39, 0.29) is 16.4 Å². The van der Waals surface area contributed by atoms with Crippen molar-refractivity contribution in [3.8, 4) is 5.75 Å². The van der Waals surface area contributed by atoms with E-state index in [0.717, 1.165) is 0 Å². The number of ketones is 1. The first kappa shape index (κ1) is 9.26. The predicted octanol–water partition coefficient (Wildman–Crippen LogP) is 2.36. The van der Waals surface area contributed by atoms with Crippen molar-refractivity contribution >= 4 is 21.7 Å². The molecule has 1 aromatic carbocycles. The van der Waals surface area contributed by atoms with E-state index in [9.17, 15) is 4.79 Å². The predicted molar refractivity (Wildman–Crippen MR) is 50.8 cm³/mol. The molecule has 0 spiro atoms. The van der Waals surface area contributed by atoms with Gasteiger partial charge in [0, 0.05) is 5.56 Å². The maximum atomic E-state index is 11.3. The smallest absolute Gasteiger partial charge is 0.176 e. The Kier molecular flexibility index (Phi) is 2.87. The number of hydrogen-bond acceptors (Lipinski definition) is 2. The Morgan fingerprint density at radius 3 is 2.33 bits per heavy atom. The van der Waals surface area contributed by atoms with Crippen molar-refractivity contribution < 1.29 is 9.90 Å². The van der Waals surface area contributed by atoms with Gasteiger partial charge in [0.2, 0.25) is 0 Å². The lowest BCUT2D eigenvalue weighted by molar-refractivity contribution is 0.0996. The molecule has 0 fully saturated rings. The fourth-order valence-electron chi connectivity index (χ4n) is 0.855. The van der Waals surface area contributed by atoms with E-state index < -0.39 is 0 Å². The van der Waals surface area contributed by atoms with Crippen molar-refractivity contribution in [2.75, 3.05) is 0 Å². The highest BCUT2D eigenvalue weighted by Crippen LogP contribution is 2.13. The molecule has 0 aliphatic heterocycles. The maximum absolute atomic E-state index is 11.3. The van der Waals surface area contributed by atoms with Crippen LogP contribution in [0.25, 0.3) is 0 Å². The molecule has 0 aromatic heterocycles. The van der Waals surface area contributed by atoms with Crippen LogP contribution in [0.1, 0.15) is 17.3 Å². The number of Topliss-reactive ketones (excluding diaryl/α,β-unsaturated/α-hetero) is 1. The first-order valence-corrected chi connectivity index (χ1v) is 4.50. The van der Waals surface area contributed by atoms with Crippen LogP contribution in [0.15, 0.2) is 24.3 Å². The average molecular weight is 229 g/mol. The van der Waals surface area contributed by atoms with Crippen molar-refractivity contribution in [3.63, 3.8) is 0 Å². The summed E-state index contributed by atoms with van der Waals surface area (Å²) in [5, 5.41) is 8.95. The molecule has 1 atom stereocenters. The molecule has 0 radical (unpaired) electrons. The number of carbonyl (C=O) groups is 1. The molecule has 1 rings (SSSR count). The van der Waals surface area contributed by atoms with Crippen LogP contribution < -0.4 is 0 Å². The van der Waals surface area contributed by atoms with Crippen molar-refractivity contribution in [2.45, 2.75) is 11.8 Å². The fourth-order valence-corrected chi connectivity index (χ4v) is 1.12. The summed E-state index contributed by atoms with van der Waals surface area (Å²) in [5.41, 5.74) is 0.608. The molecule has 0 aliphatic carbocycles. The van der Waals surface area contributed by atoms with E-state index in [1.807, 2.05) is 0 Å². The fraction of sp³-hybridized carbons (Fsp3) is 0.222. The number of aromatic hydroxyl groups is 1. The third-order valence-corrected chi connectivity index (χ3v) is 1.93. The molecule has 1 aromatic rings. The van der Waals surface area contributed by atoms with Gasteiger partial charge in [0.1, 0.15) is 5.75 Å². The molecule has 64 valence electrons. The summed E-state index contributed by atoms with van der Waals surface area (Å²) in [5.74, 6) is 0.198. The second kappa shape index (κ2) is 3.72. The Labute approximate surface area is 79.3 Å². The Morgan fingerprint density at radius 1 is 1.42 bits per heavy atom. The summed E-state index contributed by atoms with van der Waals surface area (Å²) in [6.45, 7) is 1.77. The summed E-state index contributed by atoms with van der Waals surface area (Å²) in [7, 11) is 0. The molecule has 0 heterocycles. The van der Waals surface area contributed by atoms with Crippen molar-refractivity contribution in [1.82, 2.24) is 0 Å². The zero-order chi connectivity index (χ0) is 9.14. The number of alkyl halides is 1. The van der Waals surface area contributed by atoms with Crippen LogP contribution in [0.2, 0.25) is 0 Å². The van der Waals surface area contributed by atoms with Crippen molar-refractivity contribution in [1.29, 1.82) is 0 Å². The minimum atomic E-state index is -0.179. The minimum absolute atomic E-state index is 0.0231. The highest BCUT2D eigenvalue weighted by molar-refractivity contribution is 9.10. The van der Waals surface area contributed by atoms with Gasteiger partial charge in [-0.05, 0) is 31.2 Å². The third kappa shape index (κ3) is 2.08. The van der Waals surface area contributed by atoms with Gasteiger partial charge in [0.25, 0.3) is 0 Å². The molecule has 0 bridgehead atoms. The van der Waals surface area contributed by atoms with E-state index in [1.54, 1.807) is 19.1 Å². The largest absolute Gasteiger partial charge is 0.508 e. The summed E-state index contributed by atoms with van der Waals surface area (Å²) < 4.78 is 0. The van der Waals surface area contributed by atoms with E-state index >= 15 is 0 Å². The summed E-state index contributed by atoms with van der Waals surface area (Å²) >= 11 is 3.18. The molecular weight excluding hydrogens is 220 g/mol. The number of hydrogen-bond donors (Lipinski definition) is 1. The van der Waals surface area contributed by atoms with Crippen LogP contribution in [0, 0.1) is 0 Å². The Balaban J connectivity index is 2.90. The van der Waals surface area contributed by atoms with Gasteiger partial charge in [-0.25, -0.2) is 0 Å². The maximum Gasteiger partial charge on any atom is 0.176 e. The lowest BCUT2D eigenvalue weighted by atomic mass is 10.1. The second-order valence-electron chi connectivity index (χ2n) is 2.53. The highest BCUT2D eigenvalue weighted by Gasteiger charge is 2.10. The molecule has 1 N–H and O–H groups in total. The Bertz CT molecular complexity index is 277. The first-order chi connectivity index (χ1) is 5.61. The summed E-state index contributed by atoms with van der Waals surface area (Å²) in [6.07, 6.45) is 0. The van der Waals surface area contributed by atoms with Gasteiger partial charge < -0.3 is 5.11 Å². The number of phenols is 1. The summed E-state index contributed by atoms with van der Waals surface area (Å²) in [6, 6.07) is 6.22. The molecule has 0 aliphatic rings. The molecule has 3 heteroatoms. The van der Waals surface area contributed by atoms with Crippen LogP contribution in [0.4, 0.5) is 0 Å². The lowest BCUT2D eigenvalue weighted by Crippen LogP contribution is -2.09. The van der Waals surface area contributed by atoms with Crippen LogP contribution in [0.5, 0.6) is 5.75 Å². The van der Waals surface area contributed by atoms with Crippen LogP contribution in [0.3, 0.4) is 0 Å². The zero-order valence-electron chi connectivity index (χ0n) is 6.62. The van der Waals surface area contributed by atoms with Crippen molar-refractivity contribution in [3.05, 3.63) is 29.8 Å². The van der Waals surface area contributed by atoms with Crippen LogP contribution in [-0.2, 0) is 0 Å². The molecule has 0 amide bonds. The zero-order valence-corrected chi connectivity index (χ0v) is 8.21. The van der Waals surface area contributed by atoms with Gasteiger partial charge in [-0.2, -0.15) is 0 Å². The third-order valence-electron chi connectivity index (χ3n) is 1.51. The molecular formula is C9H9BrO2. The highest BCUT2D eigenvalue weighted by atomic mass is 79.9. The lowest BCUT2D eigenvalue weighted by Gasteiger charge is -2.01. The standard InChI is InChI=1S/C9H9BrO2/c1-6(10)9(12)7-2-4-8(11)5-3-7/h2-6,11H,1H3/t6-/m0/s1. The van der Waals surface area contributed by atoms with E-state index in [2.05, 4.69) is 15.9 Å². The number of benzene rings is 1.